The van der Waals surface area contributed by atoms with Gasteiger partial charge in [0, 0.05) is 31.5 Å². The SMILES string of the molecule is COc1ccccc1CC(OC(=O)CNC(=O)c1nccc(OC)c1OCOC(C)=O)C(C)c1ccccc1. The lowest BCUT2D eigenvalue weighted by atomic mass is 9.91. The van der Waals surface area contributed by atoms with Gasteiger partial charge in [0.25, 0.3) is 5.91 Å². The number of ether oxygens (including phenoxy) is 5. The van der Waals surface area contributed by atoms with E-state index in [2.05, 4.69) is 10.3 Å². The van der Waals surface area contributed by atoms with Crippen molar-refractivity contribution in [3.63, 3.8) is 0 Å². The molecule has 1 aromatic heterocycles. The Balaban J connectivity index is 1.72. The summed E-state index contributed by atoms with van der Waals surface area (Å²) >= 11 is 0. The topological polar surface area (TPSA) is 122 Å². The van der Waals surface area contributed by atoms with Crippen molar-refractivity contribution >= 4 is 17.8 Å². The summed E-state index contributed by atoms with van der Waals surface area (Å²) in [6, 6.07) is 18.7. The number of carbonyl (C=O) groups is 3. The van der Waals surface area contributed by atoms with Crippen LogP contribution in [-0.4, -0.2) is 56.5 Å². The summed E-state index contributed by atoms with van der Waals surface area (Å²) in [7, 11) is 2.98. The van der Waals surface area contributed by atoms with Gasteiger partial charge >= 0.3 is 11.9 Å². The predicted molar refractivity (Wildman–Crippen MR) is 142 cm³/mol. The number of aromatic nitrogens is 1. The lowest BCUT2D eigenvalue weighted by Crippen LogP contribution is -2.35. The molecule has 10 nitrogen and oxygen atoms in total. The molecule has 0 saturated heterocycles. The van der Waals surface area contributed by atoms with Crippen molar-refractivity contribution in [2.24, 2.45) is 0 Å². The number of methoxy groups -OCH3 is 2. The van der Waals surface area contributed by atoms with Gasteiger partial charge in [0.05, 0.1) is 14.2 Å². The predicted octanol–water partition coefficient (Wildman–Crippen LogP) is 3.69. The van der Waals surface area contributed by atoms with Crippen molar-refractivity contribution in [1.82, 2.24) is 10.3 Å². The summed E-state index contributed by atoms with van der Waals surface area (Å²) in [5, 5.41) is 2.52. The number of pyridine rings is 1. The van der Waals surface area contributed by atoms with Crippen LogP contribution < -0.4 is 19.5 Å². The van der Waals surface area contributed by atoms with E-state index >= 15 is 0 Å². The quantitative estimate of drug-likeness (QED) is 0.257. The summed E-state index contributed by atoms with van der Waals surface area (Å²) in [5.41, 5.74) is 1.75. The van der Waals surface area contributed by atoms with Crippen molar-refractivity contribution in [2.45, 2.75) is 32.3 Å². The van der Waals surface area contributed by atoms with E-state index in [4.69, 9.17) is 23.7 Å². The fourth-order valence-electron chi connectivity index (χ4n) is 3.89. The fourth-order valence-corrected chi connectivity index (χ4v) is 3.89. The lowest BCUT2D eigenvalue weighted by molar-refractivity contribution is -0.149. The number of hydrogen-bond donors (Lipinski definition) is 1. The highest BCUT2D eigenvalue weighted by molar-refractivity contribution is 5.97. The molecule has 1 N–H and O–H groups in total. The largest absolute Gasteiger partial charge is 0.496 e. The summed E-state index contributed by atoms with van der Waals surface area (Å²) in [4.78, 5) is 41.0. The Kier molecular flexibility index (Phi) is 10.7. The van der Waals surface area contributed by atoms with E-state index in [0.717, 1.165) is 11.1 Å². The first-order valence-electron chi connectivity index (χ1n) is 12.3. The molecule has 2 aromatic carbocycles. The smallest absolute Gasteiger partial charge is 0.325 e. The molecule has 0 aliphatic rings. The number of nitrogens with zero attached hydrogens (tertiary/aromatic N) is 1. The van der Waals surface area contributed by atoms with E-state index < -0.39 is 37.3 Å². The van der Waals surface area contributed by atoms with Gasteiger partial charge in [0.1, 0.15) is 18.4 Å². The van der Waals surface area contributed by atoms with Crippen LogP contribution in [-0.2, 0) is 25.5 Å². The van der Waals surface area contributed by atoms with Crippen LogP contribution in [0, 0.1) is 0 Å². The Morgan fingerprint density at radius 3 is 2.31 bits per heavy atom. The van der Waals surface area contributed by atoms with Crippen LogP contribution in [0.5, 0.6) is 17.2 Å². The first-order valence-corrected chi connectivity index (χ1v) is 12.3. The zero-order valence-corrected chi connectivity index (χ0v) is 22.3. The second kappa shape index (κ2) is 14.4. The molecule has 0 aliphatic heterocycles. The van der Waals surface area contributed by atoms with E-state index in [0.29, 0.717) is 12.2 Å². The second-order valence-electron chi connectivity index (χ2n) is 8.52. The molecular weight excluding hydrogens is 504 g/mol. The molecule has 1 amide bonds. The van der Waals surface area contributed by atoms with Gasteiger partial charge in [0.15, 0.2) is 17.2 Å². The molecule has 2 atom stereocenters. The van der Waals surface area contributed by atoms with Gasteiger partial charge < -0.3 is 29.0 Å². The van der Waals surface area contributed by atoms with Crippen LogP contribution in [0.1, 0.15) is 41.4 Å². The van der Waals surface area contributed by atoms with Crippen LogP contribution in [0.15, 0.2) is 66.9 Å². The molecule has 3 aromatic rings. The zero-order chi connectivity index (χ0) is 28.2. The fraction of sp³-hybridized carbons (Fsp3) is 0.310. The van der Waals surface area contributed by atoms with Crippen LogP contribution in [0.2, 0.25) is 0 Å². The molecular formula is C29H32N2O8. The standard InChI is InChI=1S/C29H32N2O8/c1-19(21-10-6-5-7-11-21)25(16-22-12-8-9-13-23(22)35-3)39-26(33)17-31-29(34)27-28(38-18-37-20(2)32)24(36-4)14-15-30-27/h5-15,19,25H,16-18H2,1-4H3,(H,31,34). The average molecular weight is 537 g/mol. The minimum Gasteiger partial charge on any atom is -0.496 e. The number of rotatable bonds is 13. The highest BCUT2D eigenvalue weighted by Crippen LogP contribution is 2.30. The van der Waals surface area contributed by atoms with Gasteiger partial charge in [-0.25, -0.2) is 4.98 Å². The Morgan fingerprint density at radius 2 is 1.62 bits per heavy atom. The maximum Gasteiger partial charge on any atom is 0.325 e. The summed E-state index contributed by atoms with van der Waals surface area (Å²) < 4.78 is 26.8. The van der Waals surface area contributed by atoms with E-state index in [1.807, 2.05) is 61.5 Å². The Labute approximate surface area is 227 Å². The molecule has 2 unspecified atom stereocenters. The number of nitrogens with one attached hydrogen (secondary N) is 1. The third-order valence-corrected chi connectivity index (χ3v) is 5.94. The molecule has 0 radical (unpaired) electrons. The van der Waals surface area contributed by atoms with Crippen molar-refractivity contribution < 1.29 is 38.1 Å². The van der Waals surface area contributed by atoms with Gasteiger partial charge in [-0.3, -0.25) is 14.4 Å². The van der Waals surface area contributed by atoms with Gasteiger partial charge in [0.2, 0.25) is 6.79 Å². The first-order chi connectivity index (χ1) is 18.8. The number of carbonyl (C=O) groups excluding carboxylic acids is 3. The van der Waals surface area contributed by atoms with Crippen LogP contribution >= 0.6 is 0 Å². The maximum absolute atomic E-state index is 12.9. The van der Waals surface area contributed by atoms with Crippen molar-refractivity contribution in [1.29, 1.82) is 0 Å². The van der Waals surface area contributed by atoms with E-state index in [9.17, 15) is 14.4 Å². The van der Waals surface area contributed by atoms with Gasteiger partial charge in [-0.2, -0.15) is 0 Å². The number of esters is 2. The second-order valence-corrected chi connectivity index (χ2v) is 8.52. The van der Waals surface area contributed by atoms with Gasteiger partial charge in [-0.05, 0) is 17.2 Å². The van der Waals surface area contributed by atoms with Crippen LogP contribution in [0.3, 0.4) is 0 Å². The van der Waals surface area contributed by atoms with Crippen molar-refractivity contribution in [2.75, 3.05) is 27.6 Å². The monoisotopic (exact) mass is 536 g/mol. The molecule has 206 valence electrons. The van der Waals surface area contributed by atoms with Crippen molar-refractivity contribution in [3.05, 3.63) is 83.7 Å². The number of amides is 1. The highest BCUT2D eigenvalue weighted by Gasteiger charge is 2.26. The molecule has 0 saturated carbocycles. The minimum atomic E-state index is -0.693. The molecule has 0 fully saturated rings. The van der Waals surface area contributed by atoms with Crippen molar-refractivity contribution in [3.8, 4) is 17.2 Å². The molecule has 10 heteroatoms. The number of hydrogen-bond acceptors (Lipinski definition) is 9. The summed E-state index contributed by atoms with van der Waals surface area (Å²) in [5.74, 6) is -1.15. The molecule has 0 bridgehead atoms. The summed E-state index contributed by atoms with van der Waals surface area (Å²) in [6.45, 7) is 2.35. The zero-order valence-electron chi connectivity index (χ0n) is 22.3. The minimum absolute atomic E-state index is 0.0288. The molecule has 0 aliphatic carbocycles. The third kappa shape index (κ3) is 8.19. The van der Waals surface area contributed by atoms with Crippen LogP contribution in [0.25, 0.3) is 0 Å². The number of para-hydroxylation sites is 1. The summed E-state index contributed by atoms with van der Waals surface area (Å²) in [6.07, 6.45) is 1.23. The molecule has 3 rings (SSSR count). The van der Waals surface area contributed by atoms with Gasteiger partial charge in [-0.1, -0.05) is 55.5 Å². The number of benzene rings is 2. The Bertz CT molecular complexity index is 1270. The average Bonchev–Trinajstić information content (AvgIpc) is 2.95. The van der Waals surface area contributed by atoms with E-state index in [-0.39, 0.29) is 23.1 Å². The molecule has 39 heavy (non-hydrogen) atoms. The Morgan fingerprint density at radius 1 is 0.923 bits per heavy atom. The van der Waals surface area contributed by atoms with E-state index in [1.165, 1.54) is 26.3 Å². The normalized spacial score (nSPS) is 12.0. The first kappa shape index (κ1) is 29.0. The maximum atomic E-state index is 12.9. The Hall–Kier alpha value is -4.60. The van der Waals surface area contributed by atoms with Crippen LogP contribution in [0.4, 0.5) is 0 Å². The third-order valence-electron chi connectivity index (χ3n) is 5.94. The lowest BCUT2D eigenvalue weighted by Gasteiger charge is -2.25. The van der Waals surface area contributed by atoms with Gasteiger partial charge in [-0.15, -0.1) is 0 Å². The van der Waals surface area contributed by atoms with E-state index in [1.54, 1.807) is 7.11 Å². The molecule has 0 spiro atoms. The molecule has 1 heterocycles. The highest BCUT2D eigenvalue weighted by atomic mass is 16.7.